The second-order valence-electron chi connectivity index (χ2n) is 3.80. The number of hydrogen-bond acceptors (Lipinski definition) is 4. The number of carbonyl (C=O) groups excluding carboxylic acids is 2. The van der Waals surface area contributed by atoms with Crippen LogP contribution in [0.4, 0.5) is 4.79 Å². The van der Waals surface area contributed by atoms with Crippen molar-refractivity contribution in [3.8, 4) is 0 Å². The van der Waals surface area contributed by atoms with Crippen LogP contribution in [0.1, 0.15) is 45.4 Å². The lowest BCUT2D eigenvalue weighted by Gasteiger charge is -2.04. The number of hydrogen-bond donors (Lipinski definition) is 1. The molecule has 1 amide bonds. The van der Waals surface area contributed by atoms with Crippen LogP contribution < -0.4 is 5.32 Å². The van der Waals surface area contributed by atoms with Gasteiger partial charge in [0.15, 0.2) is 0 Å². The lowest BCUT2D eigenvalue weighted by Crippen LogP contribution is -2.23. The van der Waals surface area contributed by atoms with E-state index in [1.165, 1.54) is 7.11 Å². The Kier molecular flexibility index (Phi) is 10.4. The first kappa shape index (κ1) is 15.7. The van der Waals surface area contributed by atoms with Crippen LogP contribution >= 0.6 is 0 Å². The van der Waals surface area contributed by atoms with Crippen LogP contribution in [0.25, 0.3) is 0 Å². The lowest BCUT2D eigenvalue weighted by atomic mass is 10.2. The van der Waals surface area contributed by atoms with Gasteiger partial charge in [0.25, 0.3) is 0 Å². The predicted octanol–water partition coefficient (Wildman–Crippen LogP) is 2.25. The Bertz CT molecular complexity index is 219. The molecule has 0 saturated carbocycles. The monoisotopic (exact) mass is 245 g/mol. The summed E-state index contributed by atoms with van der Waals surface area (Å²) in [6.07, 6.45) is 4.55. The number of esters is 1. The van der Waals surface area contributed by atoms with Gasteiger partial charge in [-0.25, -0.2) is 4.79 Å². The van der Waals surface area contributed by atoms with Crippen molar-refractivity contribution < 1.29 is 19.1 Å². The van der Waals surface area contributed by atoms with Crippen molar-refractivity contribution in [3.63, 3.8) is 0 Å². The van der Waals surface area contributed by atoms with Gasteiger partial charge >= 0.3 is 12.1 Å². The molecule has 0 fully saturated rings. The molecule has 5 heteroatoms. The van der Waals surface area contributed by atoms with Gasteiger partial charge in [-0.3, -0.25) is 4.79 Å². The first-order valence-electron chi connectivity index (χ1n) is 6.18. The molecule has 0 aromatic rings. The summed E-state index contributed by atoms with van der Waals surface area (Å²) < 4.78 is 9.44. The molecule has 0 bridgehead atoms. The van der Waals surface area contributed by atoms with Crippen LogP contribution in [0, 0.1) is 0 Å². The third kappa shape index (κ3) is 11.0. The van der Waals surface area contributed by atoms with Crippen LogP contribution in [-0.2, 0) is 14.3 Å². The minimum Gasteiger partial charge on any atom is -0.466 e. The summed E-state index contributed by atoms with van der Waals surface area (Å²) in [5, 5.41) is 2.59. The summed E-state index contributed by atoms with van der Waals surface area (Å²) in [4.78, 5) is 21.9. The van der Waals surface area contributed by atoms with Gasteiger partial charge in [-0.05, 0) is 19.3 Å². The second-order valence-corrected chi connectivity index (χ2v) is 3.80. The maximum atomic E-state index is 11.2. The van der Waals surface area contributed by atoms with Crippen molar-refractivity contribution in [1.29, 1.82) is 0 Å². The Labute approximate surface area is 103 Å². The molecule has 0 saturated heterocycles. The molecule has 17 heavy (non-hydrogen) atoms. The van der Waals surface area contributed by atoms with Crippen LogP contribution in [0.15, 0.2) is 0 Å². The van der Waals surface area contributed by atoms with Crippen molar-refractivity contribution in [2.45, 2.75) is 45.4 Å². The predicted molar refractivity (Wildman–Crippen MR) is 64.7 cm³/mol. The van der Waals surface area contributed by atoms with E-state index in [4.69, 9.17) is 4.74 Å². The van der Waals surface area contributed by atoms with Crippen LogP contribution in [-0.4, -0.2) is 32.3 Å². The first-order valence-corrected chi connectivity index (χ1v) is 6.18. The summed E-state index contributed by atoms with van der Waals surface area (Å²) >= 11 is 0. The SMILES string of the molecule is CCCCOC(=O)CCCCCNC(=O)OC. The molecule has 0 heterocycles. The number of rotatable bonds is 9. The van der Waals surface area contributed by atoms with Crippen molar-refractivity contribution in [1.82, 2.24) is 5.32 Å². The largest absolute Gasteiger partial charge is 0.466 e. The van der Waals surface area contributed by atoms with E-state index in [0.717, 1.165) is 32.1 Å². The van der Waals surface area contributed by atoms with E-state index in [-0.39, 0.29) is 5.97 Å². The molecule has 100 valence electrons. The fourth-order valence-electron chi connectivity index (χ4n) is 1.24. The van der Waals surface area contributed by atoms with Crippen molar-refractivity contribution >= 4 is 12.1 Å². The molecule has 0 aliphatic carbocycles. The number of methoxy groups -OCH3 is 1. The molecule has 0 radical (unpaired) electrons. The summed E-state index contributed by atoms with van der Waals surface area (Å²) in [6, 6.07) is 0. The number of unbranched alkanes of at least 4 members (excludes halogenated alkanes) is 3. The Morgan fingerprint density at radius 2 is 1.88 bits per heavy atom. The fourth-order valence-corrected chi connectivity index (χ4v) is 1.24. The molecular formula is C12H23NO4. The third-order valence-corrected chi connectivity index (χ3v) is 2.27. The van der Waals surface area contributed by atoms with Crippen molar-refractivity contribution in [2.24, 2.45) is 0 Å². The Balaban J connectivity index is 3.22. The van der Waals surface area contributed by atoms with E-state index in [1.807, 2.05) is 0 Å². The maximum Gasteiger partial charge on any atom is 0.406 e. The normalized spacial score (nSPS) is 9.76. The molecule has 5 nitrogen and oxygen atoms in total. The smallest absolute Gasteiger partial charge is 0.406 e. The molecular weight excluding hydrogens is 222 g/mol. The number of alkyl carbamates (subject to hydrolysis) is 1. The van der Waals surface area contributed by atoms with E-state index in [2.05, 4.69) is 17.0 Å². The van der Waals surface area contributed by atoms with Crippen LogP contribution in [0.3, 0.4) is 0 Å². The lowest BCUT2D eigenvalue weighted by molar-refractivity contribution is -0.143. The summed E-state index contributed by atoms with van der Waals surface area (Å²) in [6.45, 7) is 3.17. The molecule has 0 spiro atoms. The number of ether oxygens (including phenoxy) is 2. The highest BCUT2D eigenvalue weighted by atomic mass is 16.5. The maximum absolute atomic E-state index is 11.2. The summed E-state index contributed by atoms with van der Waals surface area (Å²) in [5.74, 6) is -0.126. The Morgan fingerprint density at radius 3 is 2.53 bits per heavy atom. The van der Waals surface area contributed by atoms with E-state index in [1.54, 1.807) is 0 Å². The number of nitrogens with one attached hydrogen (secondary N) is 1. The summed E-state index contributed by atoms with van der Waals surface area (Å²) in [5.41, 5.74) is 0. The quantitative estimate of drug-likeness (QED) is 0.500. The molecule has 0 rings (SSSR count). The first-order chi connectivity index (χ1) is 8.20. The van der Waals surface area contributed by atoms with Crippen molar-refractivity contribution in [2.75, 3.05) is 20.3 Å². The van der Waals surface area contributed by atoms with Gasteiger partial charge in [0.05, 0.1) is 13.7 Å². The third-order valence-electron chi connectivity index (χ3n) is 2.27. The minimum atomic E-state index is -0.413. The summed E-state index contributed by atoms with van der Waals surface area (Å²) in [7, 11) is 1.33. The zero-order valence-corrected chi connectivity index (χ0v) is 10.8. The van der Waals surface area contributed by atoms with E-state index in [9.17, 15) is 9.59 Å². The number of carbonyl (C=O) groups is 2. The van der Waals surface area contributed by atoms with Gasteiger partial charge in [-0.1, -0.05) is 19.8 Å². The van der Waals surface area contributed by atoms with Gasteiger partial charge in [-0.15, -0.1) is 0 Å². The highest BCUT2D eigenvalue weighted by molar-refractivity contribution is 5.69. The van der Waals surface area contributed by atoms with Gasteiger partial charge < -0.3 is 14.8 Å². The van der Waals surface area contributed by atoms with Gasteiger partial charge in [-0.2, -0.15) is 0 Å². The van der Waals surface area contributed by atoms with Gasteiger partial charge in [0.1, 0.15) is 0 Å². The second kappa shape index (κ2) is 11.2. The standard InChI is InChI=1S/C12H23NO4/c1-3-4-10-17-11(14)8-6-5-7-9-13-12(15)16-2/h3-10H2,1-2H3,(H,13,15). The van der Waals surface area contributed by atoms with Crippen molar-refractivity contribution in [3.05, 3.63) is 0 Å². The molecule has 0 aliphatic rings. The molecule has 0 aromatic carbocycles. The Morgan fingerprint density at radius 1 is 1.12 bits per heavy atom. The van der Waals surface area contributed by atoms with Gasteiger partial charge in [0.2, 0.25) is 0 Å². The molecule has 0 aromatic heterocycles. The molecule has 1 N–H and O–H groups in total. The van der Waals surface area contributed by atoms with E-state index >= 15 is 0 Å². The number of amides is 1. The zero-order valence-electron chi connectivity index (χ0n) is 10.8. The van der Waals surface area contributed by atoms with E-state index in [0.29, 0.717) is 19.6 Å². The van der Waals surface area contributed by atoms with E-state index < -0.39 is 6.09 Å². The highest BCUT2D eigenvalue weighted by Gasteiger charge is 2.02. The molecule has 0 aliphatic heterocycles. The average molecular weight is 245 g/mol. The Hall–Kier alpha value is -1.26. The zero-order chi connectivity index (χ0) is 12.9. The average Bonchev–Trinajstić information content (AvgIpc) is 2.33. The van der Waals surface area contributed by atoms with Crippen LogP contribution in [0.2, 0.25) is 0 Å². The minimum absolute atomic E-state index is 0.126. The fraction of sp³-hybridized carbons (Fsp3) is 0.833. The van der Waals surface area contributed by atoms with Gasteiger partial charge in [0, 0.05) is 13.0 Å². The molecule has 0 unspecified atom stereocenters. The van der Waals surface area contributed by atoms with Crippen LogP contribution in [0.5, 0.6) is 0 Å². The topological polar surface area (TPSA) is 64.6 Å². The molecule has 0 atom stereocenters. The highest BCUT2D eigenvalue weighted by Crippen LogP contribution is 2.01.